The van der Waals surface area contributed by atoms with Gasteiger partial charge in [-0.25, -0.2) is 0 Å². The molecule has 3 N–H and O–H groups in total. The largest absolute Gasteiger partial charge is 0.405 e. The highest BCUT2D eigenvalue weighted by Crippen LogP contribution is 1.96. The third-order valence-corrected chi connectivity index (χ3v) is 0.928. The van der Waals surface area contributed by atoms with E-state index in [0.717, 1.165) is 6.42 Å². The van der Waals surface area contributed by atoms with Crippen LogP contribution >= 0.6 is 0 Å². The summed E-state index contributed by atoms with van der Waals surface area (Å²) in [6.45, 7) is 1.98. The van der Waals surface area contributed by atoms with E-state index in [1.54, 1.807) is 0 Å². The minimum Gasteiger partial charge on any atom is -0.405 e. The van der Waals surface area contributed by atoms with Crippen LogP contribution in [0.4, 0.5) is 0 Å². The van der Waals surface area contributed by atoms with Crippen LogP contribution in [0, 0.1) is 11.3 Å². The minimum atomic E-state index is 0.329. The monoisotopic (exact) mass is 112 g/mol. The SMILES string of the molecule is CC(C=N)CC=CN. The van der Waals surface area contributed by atoms with Gasteiger partial charge in [0.25, 0.3) is 0 Å². The highest BCUT2D eigenvalue weighted by molar-refractivity contribution is 5.56. The van der Waals surface area contributed by atoms with Gasteiger partial charge in [-0.1, -0.05) is 13.0 Å². The number of allylic oxidation sites excluding steroid dienone is 1. The molecule has 2 nitrogen and oxygen atoms in total. The van der Waals surface area contributed by atoms with Crippen molar-refractivity contribution in [2.45, 2.75) is 13.3 Å². The highest BCUT2D eigenvalue weighted by Gasteiger charge is 1.89. The van der Waals surface area contributed by atoms with Gasteiger partial charge in [0.05, 0.1) is 0 Å². The summed E-state index contributed by atoms with van der Waals surface area (Å²) in [7, 11) is 0. The zero-order valence-electron chi connectivity index (χ0n) is 5.09. The summed E-state index contributed by atoms with van der Waals surface area (Å²) in [5.74, 6) is 0.329. The van der Waals surface area contributed by atoms with Crippen LogP contribution in [-0.4, -0.2) is 6.21 Å². The molecular formula is C6H12N2. The second kappa shape index (κ2) is 4.37. The molecule has 0 aliphatic heterocycles. The summed E-state index contributed by atoms with van der Waals surface area (Å²) in [5, 5.41) is 6.79. The molecule has 0 amide bonds. The topological polar surface area (TPSA) is 49.9 Å². The number of nitrogens with two attached hydrogens (primary N) is 1. The first-order valence-electron chi connectivity index (χ1n) is 2.68. The fraction of sp³-hybridized carbons (Fsp3) is 0.500. The van der Waals surface area contributed by atoms with Gasteiger partial charge in [0.15, 0.2) is 0 Å². The fourth-order valence-electron chi connectivity index (χ4n) is 0.361. The van der Waals surface area contributed by atoms with E-state index >= 15 is 0 Å². The number of hydrogen-bond acceptors (Lipinski definition) is 2. The van der Waals surface area contributed by atoms with Crippen LogP contribution in [-0.2, 0) is 0 Å². The number of hydrogen-bond donors (Lipinski definition) is 2. The molecule has 0 aliphatic rings. The Morgan fingerprint density at radius 1 is 1.75 bits per heavy atom. The number of rotatable bonds is 3. The molecule has 0 radical (unpaired) electrons. The maximum Gasteiger partial charge on any atom is -0.00164 e. The Hall–Kier alpha value is -0.790. The average molecular weight is 112 g/mol. The van der Waals surface area contributed by atoms with Gasteiger partial charge in [0, 0.05) is 0 Å². The van der Waals surface area contributed by atoms with Crippen molar-refractivity contribution < 1.29 is 0 Å². The Bertz CT molecular complexity index is 86.5. The van der Waals surface area contributed by atoms with E-state index in [1.165, 1.54) is 12.4 Å². The van der Waals surface area contributed by atoms with Crippen molar-refractivity contribution in [2.75, 3.05) is 0 Å². The molecule has 0 saturated heterocycles. The molecule has 0 aromatic heterocycles. The summed E-state index contributed by atoms with van der Waals surface area (Å²) in [4.78, 5) is 0. The lowest BCUT2D eigenvalue weighted by Gasteiger charge is -1.95. The molecule has 0 aromatic carbocycles. The molecule has 8 heavy (non-hydrogen) atoms. The zero-order valence-corrected chi connectivity index (χ0v) is 5.09. The van der Waals surface area contributed by atoms with Crippen LogP contribution in [0.1, 0.15) is 13.3 Å². The lowest BCUT2D eigenvalue weighted by molar-refractivity contribution is 0.803. The smallest absolute Gasteiger partial charge is 0.00164 e. The first-order chi connectivity index (χ1) is 3.81. The quantitative estimate of drug-likeness (QED) is 0.528. The van der Waals surface area contributed by atoms with Crippen molar-refractivity contribution in [2.24, 2.45) is 11.7 Å². The van der Waals surface area contributed by atoms with Crippen molar-refractivity contribution in [3.05, 3.63) is 12.3 Å². The summed E-state index contributed by atoms with van der Waals surface area (Å²) >= 11 is 0. The Balaban J connectivity index is 3.23. The average Bonchev–Trinajstić information content (AvgIpc) is 1.83. The fourth-order valence-corrected chi connectivity index (χ4v) is 0.361. The highest BCUT2D eigenvalue weighted by atomic mass is 14.5. The maximum absolute atomic E-state index is 6.79. The van der Waals surface area contributed by atoms with E-state index in [-0.39, 0.29) is 0 Å². The van der Waals surface area contributed by atoms with E-state index in [2.05, 4.69) is 0 Å². The van der Waals surface area contributed by atoms with Crippen molar-refractivity contribution in [3.8, 4) is 0 Å². The molecule has 46 valence electrons. The van der Waals surface area contributed by atoms with E-state index < -0.39 is 0 Å². The second-order valence-corrected chi connectivity index (χ2v) is 1.81. The Labute approximate surface area is 49.9 Å². The Morgan fingerprint density at radius 2 is 2.38 bits per heavy atom. The van der Waals surface area contributed by atoms with Crippen LogP contribution in [0.15, 0.2) is 12.3 Å². The number of nitrogens with one attached hydrogen (secondary N) is 1. The lowest BCUT2D eigenvalue weighted by Crippen LogP contribution is -1.91. The zero-order chi connectivity index (χ0) is 6.41. The molecule has 0 heterocycles. The van der Waals surface area contributed by atoms with Crippen LogP contribution in [0.3, 0.4) is 0 Å². The van der Waals surface area contributed by atoms with Gasteiger partial charge in [0.2, 0.25) is 0 Å². The molecule has 0 aromatic rings. The molecule has 0 saturated carbocycles. The molecule has 0 rings (SSSR count). The maximum atomic E-state index is 6.79. The van der Waals surface area contributed by atoms with Crippen molar-refractivity contribution in [1.82, 2.24) is 0 Å². The summed E-state index contributed by atoms with van der Waals surface area (Å²) in [5.41, 5.74) is 5.08. The molecule has 0 spiro atoms. The standard InChI is InChI=1S/C6H12N2/c1-6(5-8)3-2-4-7/h2,4-6,8H,3,7H2,1H3. The molecule has 0 bridgehead atoms. The van der Waals surface area contributed by atoms with Gasteiger partial charge < -0.3 is 11.1 Å². The predicted molar refractivity (Wildman–Crippen MR) is 35.9 cm³/mol. The Kier molecular flexibility index (Phi) is 3.94. The van der Waals surface area contributed by atoms with E-state index in [0.29, 0.717) is 5.92 Å². The summed E-state index contributed by atoms with van der Waals surface area (Å²) in [6, 6.07) is 0. The van der Waals surface area contributed by atoms with Crippen molar-refractivity contribution in [3.63, 3.8) is 0 Å². The van der Waals surface area contributed by atoms with E-state index in [4.69, 9.17) is 11.1 Å². The lowest BCUT2D eigenvalue weighted by atomic mass is 10.1. The first kappa shape index (κ1) is 7.21. The minimum absolute atomic E-state index is 0.329. The van der Waals surface area contributed by atoms with Gasteiger partial charge in [-0.05, 0) is 24.8 Å². The van der Waals surface area contributed by atoms with Crippen molar-refractivity contribution >= 4 is 6.21 Å². The Morgan fingerprint density at radius 3 is 2.75 bits per heavy atom. The third kappa shape index (κ3) is 3.40. The summed E-state index contributed by atoms with van der Waals surface area (Å²) < 4.78 is 0. The summed E-state index contributed by atoms with van der Waals surface area (Å²) in [6.07, 6.45) is 5.66. The molecule has 0 fully saturated rings. The molecular weight excluding hydrogens is 100 g/mol. The van der Waals surface area contributed by atoms with Crippen LogP contribution < -0.4 is 5.73 Å². The molecule has 0 aliphatic carbocycles. The predicted octanol–water partition coefficient (Wildman–Crippen LogP) is 1.13. The van der Waals surface area contributed by atoms with Gasteiger partial charge in [-0.15, -0.1) is 0 Å². The van der Waals surface area contributed by atoms with Gasteiger partial charge >= 0.3 is 0 Å². The first-order valence-corrected chi connectivity index (χ1v) is 2.68. The van der Waals surface area contributed by atoms with Gasteiger partial charge in [0.1, 0.15) is 0 Å². The second-order valence-electron chi connectivity index (χ2n) is 1.81. The third-order valence-electron chi connectivity index (χ3n) is 0.928. The van der Waals surface area contributed by atoms with Gasteiger partial charge in [-0.3, -0.25) is 0 Å². The van der Waals surface area contributed by atoms with Crippen LogP contribution in [0.25, 0.3) is 0 Å². The normalized spacial score (nSPS) is 14.1. The van der Waals surface area contributed by atoms with Crippen molar-refractivity contribution in [1.29, 1.82) is 5.41 Å². The van der Waals surface area contributed by atoms with Crippen LogP contribution in [0.2, 0.25) is 0 Å². The molecule has 2 heteroatoms. The molecule has 1 unspecified atom stereocenters. The van der Waals surface area contributed by atoms with Gasteiger partial charge in [-0.2, -0.15) is 0 Å². The van der Waals surface area contributed by atoms with E-state index in [9.17, 15) is 0 Å². The van der Waals surface area contributed by atoms with E-state index in [1.807, 2.05) is 13.0 Å². The molecule has 1 atom stereocenters. The van der Waals surface area contributed by atoms with Crippen LogP contribution in [0.5, 0.6) is 0 Å².